The number of ether oxygens (including phenoxy) is 2. The zero-order valence-corrected chi connectivity index (χ0v) is 11.2. The van der Waals surface area contributed by atoms with Gasteiger partial charge in [0.15, 0.2) is 0 Å². The minimum Gasteiger partial charge on any atom is -0.497 e. The topological polar surface area (TPSA) is 47.7 Å². The quantitative estimate of drug-likeness (QED) is 0.821. The predicted molar refractivity (Wildman–Crippen MR) is 71.6 cm³/mol. The van der Waals surface area contributed by atoms with Gasteiger partial charge in [-0.3, -0.25) is 0 Å². The standard InChI is InChI=1S/C14H22N2O2/c1-16(9-14(8-15)10-18-11-14)7-12-3-5-13(17-2)6-4-12/h3-6H,7-11,15H2,1-2H3. The van der Waals surface area contributed by atoms with Crippen LogP contribution in [0.15, 0.2) is 24.3 Å². The Bertz CT molecular complexity index is 368. The van der Waals surface area contributed by atoms with E-state index in [1.807, 2.05) is 12.1 Å². The van der Waals surface area contributed by atoms with Crippen molar-refractivity contribution in [3.05, 3.63) is 29.8 Å². The van der Waals surface area contributed by atoms with Crippen molar-refractivity contribution in [3.63, 3.8) is 0 Å². The van der Waals surface area contributed by atoms with Crippen molar-refractivity contribution in [2.45, 2.75) is 6.54 Å². The Balaban J connectivity index is 1.88. The maximum absolute atomic E-state index is 5.83. The molecular formula is C14H22N2O2. The second-order valence-electron chi connectivity index (χ2n) is 5.22. The average Bonchev–Trinajstić information content (AvgIpc) is 2.35. The van der Waals surface area contributed by atoms with Gasteiger partial charge in [0.2, 0.25) is 0 Å². The highest BCUT2D eigenvalue weighted by Crippen LogP contribution is 2.27. The van der Waals surface area contributed by atoms with Crippen LogP contribution in [0, 0.1) is 5.41 Å². The lowest BCUT2D eigenvalue weighted by Crippen LogP contribution is -2.54. The van der Waals surface area contributed by atoms with E-state index in [1.54, 1.807) is 7.11 Å². The number of benzene rings is 1. The van der Waals surface area contributed by atoms with Crippen molar-refractivity contribution in [3.8, 4) is 5.75 Å². The van der Waals surface area contributed by atoms with Crippen LogP contribution in [0.5, 0.6) is 5.75 Å². The molecule has 0 spiro atoms. The fourth-order valence-electron chi connectivity index (χ4n) is 2.34. The van der Waals surface area contributed by atoms with Crippen LogP contribution in [0.25, 0.3) is 0 Å². The SMILES string of the molecule is COc1ccc(CN(C)CC2(CN)COC2)cc1. The minimum absolute atomic E-state index is 0.168. The van der Waals surface area contributed by atoms with E-state index < -0.39 is 0 Å². The molecule has 2 N–H and O–H groups in total. The Morgan fingerprint density at radius 2 is 2.00 bits per heavy atom. The fraction of sp³-hybridized carbons (Fsp3) is 0.571. The van der Waals surface area contributed by atoms with Gasteiger partial charge in [0.1, 0.15) is 5.75 Å². The van der Waals surface area contributed by atoms with E-state index in [1.165, 1.54) is 5.56 Å². The summed E-state index contributed by atoms with van der Waals surface area (Å²) in [5.74, 6) is 0.896. The lowest BCUT2D eigenvalue weighted by molar-refractivity contribution is -0.118. The molecule has 0 aromatic heterocycles. The van der Waals surface area contributed by atoms with Crippen LogP contribution in [0.2, 0.25) is 0 Å². The summed E-state index contributed by atoms with van der Waals surface area (Å²) in [6.07, 6.45) is 0. The molecule has 0 amide bonds. The summed E-state index contributed by atoms with van der Waals surface area (Å²) in [6.45, 7) is 4.17. The van der Waals surface area contributed by atoms with Crippen molar-refractivity contribution in [1.82, 2.24) is 4.90 Å². The molecule has 0 saturated carbocycles. The Morgan fingerprint density at radius 3 is 2.44 bits per heavy atom. The molecule has 1 aliphatic heterocycles. The smallest absolute Gasteiger partial charge is 0.118 e. The Labute approximate surface area is 109 Å². The number of hydrogen-bond acceptors (Lipinski definition) is 4. The highest BCUT2D eigenvalue weighted by molar-refractivity contribution is 5.27. The summed E-state index contributed by atoms with van der Waals surface area (Å²) in [5.41, 5.74) is 7.28. The molecular weight excluding hydrogens is 228 g/mol. The highest BCUT2D eigenvalue weighted by Gasteiger charge is 2.38. The highest BCUT2D eigenvalue weighted by atomic mass is 16.5. The number of nitrogens with zero attached hydrogens (tertiary/aromatic N) is 1. The third-order valence-electron chi connectivity index (χ3n) is 3.47. The third-order valence-corrected chi connectivity index (χ3v) is 3.47. The van der Waals surface area contributed by atoms with Crippen molar-refractivity contribution in [2.24, 2.45) is 11.1 Å². The second kappa shape index (κ2) is 5.69. The largest absolute Gasteiger partial charge is 0.497 e. The molecule has 0 unspecified atom stereocenters. The van der Waals surface area contributed by atoms with E-state index in [0.29, 0.717) is 6.54 Å². The summed E-state index contributed by atoms with van der Waals surface area (Å²) in [7, 11) is 3.81. The maximum Gasteiger partial charge on any atom is 0.118 e. The van der Waals surface area contributed by atoms with E-state index in [2.05, 4.69) is 24.1 Å². The van der Waals surface area contributed by atoms with Crippen LogP contribution in [0.3, 0.4) is 0 Å². The van der Waals surface area contributed by atoms with Gasteiger partial charge in [0.25, 0.3) is 0 Å². The lowest BCUT2D eigenvalue weighted by atomic mass is 9.85. The molecule has 100 valence electrons. The molecule has 0 bridgehead atoms. The molecule has 1 fully saturated rings. The summed E-state index contributed by atoms with van der Waals surface area (Å²) >= 11 is 0. The monoisotopic (exact) mass is 250 g/mol. The molecule has 1 aromatic rings. The van der Waals surface area contributed by atoms with Crippen LogP contribution in [0.1, 0.15) is 5.56 Å². The summed E-state index contributed by atoms with van der Waals surface area (Å²) in [6, 6.07) is 8.19. The third kappa shape index (κ3) is 3.02. The van der Waals surface area contributed by atoms with Crippen LogP contribution in [-0.2, 0) is 11.3 Å². The molecule has 0 radical (unpaired) electrons. The van der Waals surface area contributed by atoms with E-state index in [-0.39, 0.29) is 5.41 Å². The molecule has 1 aromatic carbocycles. The van der Waals surface area contributed by atoms with E-state index in [4.69, 9.17) is 15.2 Å². The van der Waals surface area contributed by atoms with Gasteiger partial charge in [-0.25, -0.2) is 0 Å². The molecule has 1 heterocycles. The van der Waals surface area contributed by atoms with Gasteiger partial charge >= 0.3 is 0 Å². The van der Waals surface area contributed by atoms with E-state index in [9.17, 15) is 0 Å². The van der Waals surface area contributed by atoms with E-state index in [0.717, 1.165) is 32.1 Å². The Morgan fingerprint density at radius 1 is 1.33 bits per heavy atom. The number of hydrogen-bond donors (Lipinski definition) is 1. The molecule has 0 aliphatic carbocycles. The van der Waals surface area contributed by atoms with Crippen molar-refractivity contribution in [2.75, 3.05) is 40.5 Å². The average molecular weight is 250 g/mol. The van der Waals surface area contributed by atoms with Gasteiger partial charge < -0.3 is 20.1 Å². The zero-order valence-electron chi connectivity index (χ0n) is 11.2. The maximum atomic E-state index is 5.83. The molecule has 0 atom stereocenters. The zero-order chi connectivity index (χ0) is 13.0. The van der Waals surface area contributed by atoms with Crippen molar-refractivity contribution in [1.29, 1.82) is 0 Å². The van der Waals surface area contributed by atoms with Gasteiger partial charge in [-0.2, -0.15) is 0 Å². The Kier molecular flexibility index (Phi) is 4.22. The van der Waals surface area contributed by atoms with Crippen molar-refractivity contribution < 1.29 is 9.47 Å². The minimum atomic E-state index is 0.168. The fourth-order valence-corrected chi connectivity index (χ4v) is 2.34. The van der Waals surface area contributed by atoms with Crippen LogP contribution in [-0.4, -0.2) is 45.4 Å². The number of nitrogens with two attached hydrogens (primary N) is 1. The predicted octanol–water partition coefficient (Wildman–Crippen LogP) is 1.10. The Hall–Kier alpha value is -1.10. The molecule has 2 rings (SSSR count). The molecule has 4 heteroatoms. The van der Waals surface area contributed by atoms with Gasteiger partial charge in [-0.05, 0) is 24.7 Å². The van der Waals surface area contributed by atoms with Gasteiger partial charge in [-0.15, -0.1) is 0 Å². The first-order chi connectivity index (χ1) is 8.67. The van der Waals surface area contributed by atoms with Crippen molar-refractivity contribution >= 4 is 0 Å². The molecule has 4 nitrogen and oxygen atoms in total. The van der Waals surface area contributed by atoms with Crippen LogP contribution in [0.4, 0.5) is 0 Å². The first-order valence-corrected chi connectivity index (χ1v) is 6.27. The summed E-state index contributed by atoms with van der Waals surface area (Å²) in [5, 5.41) is 0. The van der Waals surface area contributed by atoms with Gasteiger partial charge in [0, 0.05) is 25.0 Å². The molecule has 1 aliphatic rings. The van der Waals surface area contributed by atoms with Gasteiger partial charge in [-0.1, -0.05) is 12.1 Å². The molecule has 1 saturated heterocycles. The van der Waals surface area contributed by atoms with Crippen LogP contribution >= 0.6 is 0 Å². The first kappa shape index (κ1) is 13.3. The van der Waals surface area contributed by atoms with E-state index >= 15 is 0 Å². The van der Waals surface area contributed by atoms with Gasteiger partial charge in [0.05, 0.1) is 20.3 Å². The number of methoxy groups -OCH3 is 1. The number of rotatable bonds is 6. The lowest BCUT2D eigenvalue weighted by Gasteiger charge is -2.43. The first-order valence-electron chi connectivity index (χ1n) is 6.27. The van der Waals surface area contributed by atoms with Crippen LogP contribution < -0.4 is 10.5 Å². The summed E-state index contributed by atoms with van der Waals surface area (Å²) < 4.78 is 10.4. The summed E-state index contributed by atoms with van der Waals surface area (Å²) in [4.78, 5) is 2.30. The molecule has 18 heavy (non-hydrogen) atoms. The second-order valence-corrected chi connectivity index (χ2v) is 5.22. The normalized spacial score (nSPS) is 17.6.